The van der Waals surface area contributed by atoms with Crippen molar-refractivity contribution in [2.75, 3.05) is 13.4 Å². The van der Waals surface area contributed by atoms with Gasteiger partial charge >= 0.3 is 0 Å². The van der Waals surface area contributed by atoms with Crippen LogP contribution in [0.1, 0.15) is 0 Å². The van der Waals surface area contributed by atoms with Crippen LogP contribution in [0.3, 0.4) is 0 Å². The first-order valence-corrected chi connectivity index (χ1v) is 11.0. The molecule has 0 spiro atoms. The molecule has 0 bridgehead atoms. The molecule has 3 aromatic rings. The Labute approximate surface area is 157 Å². The highest BCUT2D eigenvalue weighted by Gasteiger charge is 2.29. The summed E-state index contributed by atoms with van der Waals surface area (Å²) in [5.41, 5.74) is 0.470. The molecule has 4 nitrogen and oxygen atoms in total. The van der Waals surface area contributed by atoms with Gasteiger partial charge in [-0.3, -0.25) is 0 Å². The number of ether oxygens (including phenoxy) is 1. The van der Waals surface area contributed by atoms with Gasteiger partial charge in [-0.15, -0.1) is 0 Å². The Morgan fingerprint density at radius 1 is 0.808 bits per heavy atom. The van der Waals surface area contributed by atoms with Gasteiger partial charge in [-0.2, -0.15) is 0 Å². The van der Waals surface area contributed by atoms with Gasteiger partial charge in [0.2, 0.25) is 0 Å². The maximum absolute atomic E-state index is 11.8. The van der Waals surface area contributed by atoms with Crippen LogP contribution in [0.4, 0.5) is 5.69 Å². The van der Waals surface area contributed by atoms with E-state index in [9.17, 15) is 8.42 Å². The van der Waals surface area contributed by atoms with Gasteiger partial charge in [-0.25, -0.2) is 8.42 Å². The molecule has 0 radical (unpaired) electrons. The highest BCUT2D eigenvalue weighted by molar-refractivity contribution is 7.97. The second kappa shape index (κ2) is 7.85. The monoisotopic (exact) mass is 385 g/mol. The zero-order valence-corrected chi connectivity index (χ0v) is 16.1. The minimum atomic E-state index is -3.50. The molecule has 1 unspecified atom stereocenters. The van der Waals surface area contributed by atoms with Crippen LogP contribution < -0.4 is 4.74 Å². The summed E-state index contributed by atoms with van der Waals surface area (Å²) in [5.74, 6) is 0.777. The van der Waals surface area contributed by atoms with Crippen molar-refractivity contribution < 1.29 is 13.2 Å². The highest BCUT2D eigenvalue weighted by atomic mass is 32.2. The zero-order valence-electron chi connectivity index (χ0n) is 14.5. The Morgan fingerprint density at radius 2 is 1.38 bits per heavy atom. The lowest BCUT2D eigenvalue weighted by Gasteiger charge is -2.21. The van der Waals surface area contributed by atoms with Gasteiger partial charge in [0.1, 0.15) is 5.75 Å². The van der Waals surface area contributed by atoms with Crippen molar-refractivity contribution in [2.24, 2.45) is 0 Å². The van der Waals surface area contributed by atoms with Crippen LogP contribution in [0.2, 0.25) is 0 Å². The van der Waals surface area contributed by atoms with Gasteiger partial charge < -0.3 is 9.46 Å². The van der Waals surface area contributed by atoms with E-state index in [0.29, 0.717) is 5.69 Å². The van der Waals surface area contributed by atoms with Gasteiger partial charge in [-0.05, 0) is 42.5 Å². The molecule has 134 valence electrons. The van der Waals surface area contributed by atoms with E-state index in [1.807, 2.05) is 66.7 Å². The number of hydrogen-bond donors (Lipinski definition) is 0. The van der Waals surface area contributed by atoms with Gasteiger partial charge in [0.15, 0.2) is 14.7 Å². The second-order valence-corrected chi connectivity index (χ2v) is 9.23. The smallest absolute Gasteiger partial charge is 0.166 e. The summed E-state index contributed by atoms with van der Waals surface area (Å²) in [6.07, 6.45) is 1.11. The zero-order chi connectivity index (χ0) is 18.6. The number of sulfonamides is 1. The van der Waals surface area contributed by atoms with Crippen LogP contribution in [-0.4, -0.2) is 21.8 Å². The van der Waals surface area contributed by atoms with E-state index in [1.54, 1.807) is 19.2 Å². The number of hydrogen-bond acceptors (Lipinski definition) is 3. The van der Waals surface area contributed by atoms with E-state index >= 15 is 0 Å². The van der Waals surface area contributed by atoms with Crippen molar-refractivity contribution in [3.63, 3.8) is 0 Å². The van der Waals surface area contributed by atoms with Crippen molar-refractivity contribution >= 4 is 26.6 Å². The summed E-state index contributed by atoms with van der Waals surface area (Å²) in [7, 11) is -2.35. The van der Waals surface area contributed by atoms with E-state index in [4.69, 9.17) is 4.74 Å². The maximum atomic E-state index is 11.8. The van der Waals surface area contributed by atoms with Crippen LogP contribution in [0.5, 0.6) is 5.75 Å². The van der Waals surface area contributed by atoms with Crippen LogP contribution in [-0.2, 0) is 20.9 Å². The van der Waals surface area contributed by atoms with Crippen molar-refractivity contribution in [1.29, 1.82) is 0 Å². The standard InChI is InChI=1S/C20H19NO3S2/c1-24-16-12-14-18(15-13-16)25(17-8-4-3-5-9-17)20-11-7-6-10-19(20)21-26(2,22)23/h3-15H,1-2H3. The molecule has 0 heterocycles. The molecule has 6 heteroatoms. The van der Waals surface area contributed by atoms with Gasteiger partial charge in [-0.1, -0.05) is 42.1 Å². The fraction of sp³-hybridized carbons (Fsp3) is 0.100. The Hall–Kier alpha value is -2.44. The topological polar surface area (TPSA) is 57.5 Å². The first-order chi connectivity index (χ1) is 12.5. The SMILES string of the molecule is COc1ccc([S+](c2ccccc2)c2ccccc2[N-]S(C)(=O)=O)cc1. The normalized spacial score (nSPS) is 12.4. The van der Waals surface area contributed by atoms with Gasteiger partial charge in [0, 0.05) is 6.26 Å². The van der Waals surface area contributed by atoms with Crippen molar-refractivity contribution in [3.8, 4) is 5.75 Å². The third kappa shape index (κ3) is 4.39. The van der Waals surface area contributed by atoms with Crippen molar-refractivity contribution in [2.45, 2.75) is 14.7 Å². The predicted molar refractivity (Wildman–Crippen MR) is 106 cm³/mol. The van der Waals surface area contributed by atoms with E-state index in [-0.39, 0.29) is 0 Å². The Kier molecular flexibility index (Phi) is 5.54. The molecule has 3 aromatic carbocycles. The predicted octanol–water partition coefficient (Wildman–Crippen LogP) is 4.76. The van der Waals surface area contributed by atoms with Crippen LogP contribution in [0.25, 0.3) is 4.72 Å². The van der Waals surface area contributed by atoms with E-state index in [2.05, 4.69) is 4.72 Å². The average Bonchev–Trinajstić information content (AvgIpc) is 2.64. The average molecular weight is 386 g/mol. The fourth-order valence-electron chi connectivity index (χ4n) is 2.54. The molecule has 26 heavy (non-hydrogen) atoms. The van der Waals surface area contributed by atoms with Crippen LogP contribution >= 0.6 is 0 Å². The highest BCUT2D eigenvalue weighted by Crippen LogP contribution is 2.39. The van der Waals surface area contributed by atoms with E-state index < -0.39 is 20.9 Å². The van der Waals surface area contributed by atoms with Crippen LogP contribution in [0, 0.1) is 0 Å². The largest absolute Gasteiger partial charge is 0.573 e. The first-order valence-electron chi connectivity index (χ1n) is 7.93. The number of nitrogens with zero attached hydrogens (tertiary/aromatic N) is 1. The van der Waals surface area contributed by atoms with Gasteiger partial charge in [0.25, 0.3) is 0 Å². The minimum absolute atomic E-state index is 0.470. The minimum Gasteiger partial charge on any atom is -0.573 e. The quantitative estimate of drug-likeness (QED) is 0.575. The molecule has 1 atom stereocenters. The number of benzene rings is 3. The summed E-state index contributed by atoms with van der Waals surface area (Å²) in [6.45, 7) is 0. The van der Waals surface area contributed by atoms with E-state index in [0.717, 1.165) is 26.7 Å². The molecular weight excluding hydrogens is 366 g/mol. The molecule has 0 N–H and O–H groups in total. The Balaban J connectivity index is 2.16. The molecule has 0 saturated heterocycles. The third-order valence-corrected chi connectivity index (χ3v) is 6.42. The lowest BCUT2D eigenvalue weighted by Crippen LogP contribution is -2.06. The second-order valence-electron chi connectivity index (χ2n) is 5.59. The summed E-state index contributed by atoms with van der Waals surface area (Å²) in [5, 5.41) is 0. The summed E-state index contributed by atoms with van der Waals surface area (Å²) >= 11 is 0. The molecule has 0 saturated carbocycles. The fourth-order valence-corrected chi connectivity index (χ4v) is 5.27. The maximum Gasteiger partial charge on any atom is 0.166 e. The summed E-state index contributed by atoms with van der Waals surface area (Å²) in [6, 6.07) is 25.2. The van der Waals surface area contributed by atoms with Crippen molar-refractivity contribution in [3.05, 3.63) is 83.6 Å². The summed E-state index contributed by atoms with van der Waals surface area (Å²) in [4.78, 5) is 3.02. The van der Waals surface area contributed by atoms with Gasteiger partial charge in [0.05, 0.1) is 28.0 Å². The molecule has 0 aliphatic rings. The number of rotatable bonds is 6. The molecule has 0 aliphatic heterocycles. The molecule has 0 aliphatic carbocycles. The molecular formula is C20H19NO3S2. The number of methoxy groups -OCH3 is 1. The Morgan fingerprint density at radius 3 is 2.00 bits per heavy atom. The lowest BCUT2D eigenvalue weighted by molar-refractivity contribution is 0.414. The molecule has 3 rings (SSSR count). The Bertz CT molecular complexity index is 971. The molecule has 0 fully saturated rings. The summed E-state index contributed by atoms with van der Waals surface area (Å²) < 4.78 is 32.7. The molecule has 0 aromatic heterocycles. The third-order valence-electron chi connectivity index (χ3n) is 3.62. The van der Waals surface area contributed by atoms with E-state index in [1.165, 1.54) is 0 Å². The van der Waals surface area contributed by atoms with Crippen molar-refractivity contribution in [1.82, 2.24) is 0 Å². The first kappa shape index (κ1) is 18.4. The lowest BCUT2D eigenvalue weighted by atomic mass is 10.3. The molecule has 0 amide bonds. The van der Waals surface area contributed by atoms with Crippen LogP contribution in [0.15, 0.2) is 93.5 Å².